The second-order valence-corrected chi connectivity index (χ2v) is 7.42. The highest BCUT2D eigenvalue weighted by molar-refractivity contribution is 5.96. The summed E-state index contributed by atoms with van der Waals surface area (Å²) in [7, 11) is 0. The molecule has 0 bridgehead atoms. The molecule has 6 nitrogen and oxygen atoms in total. The number of benzene rings is 2. The van der Waals surface area contributed by atoms with E-state index in [4.69, 9.17) is 0 Å². The Morgan fingerprint density at radius 1 is 1.11 bits per heavy atom. The Hall–Kier alpha value is -2.99. The quantitative estimate of drug-likeness (QED) is 0.688. The van der Waals surface area contributed by atoms with Gasteiger partial charge < -0.3 is 10.4 Å². The number of amides is 1. The van der Waals surface area contributed by atoms with Gasteiger partial charge in [-0.25, -0.2) is 4.68 Å². The van der Waals surface area contributed by atoms with Crippen LogP contribution in [-0.4, -0.2) is 38.7 Å². The van der Waals surface area contributed by atoms with Crippen LogP contribution in [0.5, 0.6) is 0 Å². The monoisotopic (exact) mass is 378 g/mol. The van der Waals surface area contributed by atoms with Gasteiger partial charge in [-0.15, -0.1) is 5.10 Å². The molecule has 1 atom stereocenters. The van der Waals surface area contributed by atoms with Gasteiger partial charge in [0.1, 0.15) is 0 Å². The lowest BCUT2D eigenvalue weighted by Crippen LogP contribution is -2.35. The smallest absolute Gasteiger partial charge is 0.251 e. The highest BCUT2D eigenvalue weighted by Crippen LogP contribution is 2.26. The van der Waals surface area contributed by atoms with Crippen molar-refractivity contribution in [1.29, 1.82) is 0 Å². The summed E-state index contributed by atoms with van der Waals surface area (Å²) in [6.07, 6.45) is 1.75. The molecule has 0 fully saturated rings. The minimum absolute atomic E-state index is 0.114. The van der Waals surface area contributed by atoms with E-state index >= 15 is 0 Å². The molecule has 1 amide bonds. The SMILES string of the molecule is Cc1ccc(-c2cc(C(=O)NC(C)CO)cc(-n3nncc3C(C)C)c2)cc1. The maximum absolute atomic E-state index is 12.7. The number of hydrogen-bond acceptors (Lipinski definition) is 4. The lowest BCUT2D eigenvalue weighted by Gasteiger charge is -2.15. The fourth-order valence-electron chi connectivity index (χ4n) is 2.97. The summed E-state index contributed by atoms with van der Waals surface area (Å²) in [5.74, 6) is 0.00712. The predicted octanol–water partition coefficient (Wildman–Crippen LogP) is 3.48. The van der Waals surface area contributed by atoms with Crippen molar-refractivity contribution < 1.29 is 9.90 Å². The minimum Gasteiger partial charge on any atom is -0.394 e. The third-order valence-corrected chi connectivity index (χ3v) is 4.63. The highest BCUT2D eigenvalue weighted by atomic mass is 16.3. The fourth-order valence-corrected chi connectivity index (χ4v) is 2.97. The second kappa shape index (κ2) is 8.35. The molecule has 2 aromatic carbocycles. The van der Waals surface area contributed by atoms with Crippen LogP contribution in [0.1, 0.15) is 48.3 Å². The average Bonchev–Trinajstić information content (AvgIpc) is 3.18. The molecular formula is C22H26N4O2. The molecule has 0 aliphatic heterocycles. The van der Waals surface area contributed by atoms with E-state index in [9.17, 15) is 9.90 Å². The Bertz CT molecular complexity index is 961. The van der Waals surface area contributed by atoms with Gasteiger partial charge in [0.25, 0.3) is 5.91 Å². The topological polar surface area (TPSA) is 80.0 Å². The number of nitrogens with one attached hydrogen (secondary N) is 1. The van der Waals surface area contributed by atoms with Gasteiger partial charge in [-0.3, -0.25) is 4.79 Å². The van der Waals surface area contributed by atoms with Crippen molar-refractivity contribution in [3.05, 3.63) is 65.5 Å². The van der Waals surface area contributed by atoms with E-state index in [1.807, 2.05) is 43.3 Å². The van der Waals surface area contributed by atoms with Crippen LogP contribution in [0.4, 0.5) is 0 Å². The van der Waals surface area contributed by atoms with E-state index in [1.54, 1.807) is 23.9 Å². The van der Waals surface area contributed by atoms with E-state index in [0.29, 0.717) is 5.56 Å². The average molecular weight is 378 g/mol. The highest BCUT2D eigenvalue weighted by Gasteiger charge is 2.16. The number of carbonyl (C=O) groups excluding carboxylic acids is 1. The van der Waals surface area contributed by atoms with Crippen LogP contribution in [0, 0.1) is 6.92 Å². The van der Waals surface area contributed by atoms with Crippen LogP contribution in [0.3, 0.4) is 0 Å². The van der Waals surface area contributed by atoms with Gasteiger partial charge >= 0.3 is 0 Å². The first-order valence-electron chi connectivity index (χ1n) is 9.44. The molecule has 28 heavy (non-hydrogen) atoms. The number of aromatic nitrogens is 3. The maximum atomic E-state index is 12.7. The number of carbonyl (C=O) groups is 1. The largest absolute Gasteiger partial charge is 0.394 e. The van der Waals surface area contributed by atoms with Crippen molar-refractivity contribution in [2.24, 2.45) is 0 Å². The molecule has 3 rings (SSSR count). The van der Waals surface area contributed by atoms with E-state index < -0.39 is 0 Å². The Morgan fingerprint density at radius 3 is 2.46 bits per heavy atom. The van der Waals surface area contributed by atoms with E-state index in [2.05, 4.69) is 29.5 Å². The number of nitrogens with zero attached hydrogens (tertiary/aromatic N) is 3. The standard InChI is InChI=1S/C22H26N4O2/c1-14(2)21-12-23-25-26(21)20-10-18(17-7-5-15(3)6-8-17)9-19(11-20)22(28)24-16(4)13-27/h5-12,14,16,27H,13H2,1-4H3,(H,24,28). The molecule has 1 aromatic heterocycles. The molecule has 0 saturated carbocycles. The molecule has 1 heterocycles. The Balaban J connectivity index is 2.12. The third-order valence-electron chi connectivity index (χ3n) is 4.63. The van der Waals surface area contributed by atoms with Crippen molar-refractivity contribution in [2.75, 3.05) is 6.61 Å². The maximum Gasteiger partial charge on any atom is 0.251 e. The molecule has 0 radical (unpaired) electrons. The van der Waals surface area contributed by atoms with Crippen LogP contribution in [0.25, 0.3) is 16.8 Å². The van der Waals surface area contributed by atoms with Crippen LogP contribution in [0.2, 0.25) is 0 Å². The Kier molecular flexibility index (Phi) is 5.90. The molecule has 146 valence electrons. The summed E-state index contributed by atoms with van der Waals surface area (Å²) in [4.78, 5) is 12.7. The van der Waals surface area contributed by atoms with E-state index in [-0.39, 0.29) is 24.5 Å². The molecule has 6 heteroatoms. The zero-order chi connectivity index (χ0) is 20.3. The van der Waals surface area contributed by atoms with Crippen LogP contribution >= 0.6 is 0 Å². The van der Waals surface area contributed by atoms with Crippen LogP contribution in [-0.2, 0) is 0 Å². The Morgan fingerprint density at radius 2 is 1.82 bits per heavy atom. The van der Waals surface area contributed by atoms with E-state index in [1.165, 1.54) is 5.56 Å². The normalized spacial score (nSPS) is 12.2. The summed E-state index contributed by atoms with van der Waals surface area (Å²) >= 11 is 0. The van der Waals surface area contributed by atoms with Crippen molar-refractivity contribution in [3.8, 4) is 16.8 Å². The third kappa shape index (κ3) is 4.28. The number of aliphatic hydroxyl groups excluding tert-OH is 1. The molecule has 0 spiro atoms. The lowest BCUT2D eigenvalue weighted by molar-refractivity contribution is 0.0922. The first-order valence-corrected chi connectivity index (χ1v) is 9.44. The van der Waals surface area contributed by atoms with E-state index in [0.717, 1.165) is 22.5 Å². The van der Waals surface area contributed by atoms with Crippen molar-refractivity contribution >= 4 is 5.91 Å². The molecule has 3 aromatic rings. The summed E-state index contributed by atoms with van der Waals surface area (Å²) < 4.78 is 1.77. The minimum atomic E-state index is -0.323. The van der Waals surface area contributed by atoms with Gasteiger partial charge in [0.05, 0.1) is 24.2 Å². The number of hydrogen-bond donors (Lipinski definition) is 2. The molecule has 0 aliphatic carbocycles. The number of aryl methyl sites for hydroxylation is 1. The summed E-state index contributed by atoms with van der Waals surface area (Å²) in [6.45, 7) is 7.85. The van der Waals surface area contributed by atoms with Gasteiger partial charge in [-0.2, -0.15) is 0 Å². The fraction of sp³-hybridized carbons (Fsp3) is 0.318. The van der Waals surface area contributed by atoms with Crippen molar-refractivity contribution in [3.63, 3.8) is 0 Å². The molecule has 1 unspecified atom stereocenters. The van der Waals surface area contributed by atoms with Gasteiger partial charge in [0.15, 0.2) is 0 Å². The van der Waals surface area contributed by atoms with Crippen molar-refractivity contribution in [2.45, 2.75) is 39.7 Å². The first kappa shape index (κ1) is 19.8. The predicted molar refractivity (Wildman–Crippen MR) is 110 cm³/mol. The van der Waals surface area contributed by atoms with Crippen LogP contribution in [0.15, 0.2) is 48.7 Å². The van der Waals surface area contributed by atoms with Crippen LogP contribution < -0.4 is 5.32 Å². The molecule has 2 N–H and O–H groups in total. The zero-order valence-corrected chi connectivity index (χ0v) is 16.7. The second-order valence-electron chi connectivity index (χ2n) is 7.42. The molecular weight excluding hydrogens is 352 g/mol. The number of aliphatic hydroxyl groups is 1. The first-order chi connectivity index (χ1) is 13.4. The van der Waals surface area contributed by atoms with Gasteiger partial charge in [-0.05, 0) is 49.1 Å². The molecule has 0 aliphatic rings. The molecule has 0 saturated heterocycles. The van der Waals surface area contributed by atoms with Gasteiger partial charge in [-0.1, -0.05) is 48.9 Å². The van der Waals surface area contributed by atoms with Gasteiger partial charge in [0.2, 0.25) is 0 Å². The lowest BCUT2D eigenvalue weighted by atomic mass is 10.00. The summed E-state index contributed by atoms with van der Waals surface area (Å²) in [5, 5.41) is 20.3. The summed E-state index contributed by atoms with van der Waals surface area (Å²) in [6, 6.07) is 13.5. The Labute approximate surface area is 165 Å². The number of rotatable bonds is 6. The van der Waals surface area contributed by atoms with Crippen molar-refractivity contribution in [1.82, 2.24) is 20.3 Å². The summed E-state index contributed by atoms with van der Waals surface area (Å²) in [5.41, 5.74) is 5.37. The zero-order valence-electron chi connectivity index (χ0n) is 16.7. The van der Waals surface area contributed by atoms with Gasteiger partial charge in [0, 0.05) is 11.6 Å².